The topological polar surface area (TPSA) is 40.6 Å². The smallest absolute Gasteiger partial charge is 0.263 e. The molecule has 6 heteroatoms. The Labute approximate surface area is 176 Å². The zero-order chi connectivity index (χ0) is 21.5. The normalized spacial score (nSPS) is 14.7. The van der Waals surface area contributed by atoms with Crippen molar-refractivity contribution in [2.75, 3.05) is 27.2 Å². The van der Waals surface area contributed by atoms with E-state index in [-0.39, 0.29) is 29.5 Å². The Bertz CT molecular complexity index is 988. The zero-order valence-corrected chi connectivity index (χ0v) is 18.8. The Balaban J connectivity index is 2.11. The lowest BCUT2D eigenvalue weighted by molar-refractivity contribution is -0.133. The van der Waals surface area contributed by atoms with Gasteiger partial charge in [-0.05, 0) is 41.0 Å². The van der Waals surface area contributed by atoms with E-state index in [0.29, 0.717) is 28.2 Å². The molecule has 0 unspecified atom stereocenters. The van der Waals surface area contributed by atoms with Gasteiger partial charge in [-0.3, -0.25) is 9.59 Å². The molecule has 4 nitrogen and oxygen atoms in total. The molecular weight excluding hydrogens is 387 g/mol. The van der Waals surface area contributed by atoms with Gasteiger partial charge in [-0.2, -0.15) is 0 Å². The van der Waals surface area contributed by atoms with Crippen LogP contribution in [0.4, 0.5) is 4.39 Å². The predicted octanol–water partition coefficient (Wildman–Crippen LogP) is 5.14. The summed E-state index contributed by atoms with van der Waals surface area (Å²) in [7, 11) is 3.40. The lowest BCUT2D eigenvalue weighted by atomic mass is 9.92. The summed E-state index contributed by atoms with van der Waals surface area (Å²) in [6.07, 6.45) is 2.76. The predicted molar refractivity (Wildman–Crippen MR) is 118 cm³/mol. The summed E-state index contributed by atoms with van der Waals surface area (Å²) in [4.78, 5) is 28.8. The quantitative estimate of drug-likeness (QED) is 0.693. The highest BCUT2D eigenvalue weighted by Crippen LogP contribution is 2.39. The number of carbonyl (C=O) groups is 2. The molecule has 2 amide bonds. The van der Waals surface area contributed by atoms with Gasteiger partial charge in [0.05, 0.1) is 9.58 Å². The van der Waals surface area contributed by atoms with Gasteiger partial charge in [0.15, 0.2) is 0 Å². The number of rotatable bonds is 4. The largest absolute Gasteiger partial charge is 0.344 e. The fraction of sp³-hybridized carbons (Fsp3) is 0.478. The third-order valence-electron chi connectivity index (χ3n) is 5.32. The molecule has 0 fully saturated rings. The number of amides is 2. The number of hydrogen-bond donors (Lipinski definition) is 0. The zero-order valence-electron chi connectivity index (χ0n) is 18.0. The highest BCUT2D eigenvalue weighted by Gasteiger charge is 2.26. The number of halogens is 1. The molecule has 1 aromatic carbocycles. The van der Waals surface area contributed by atoms with Crippen LogP contribution < -0.4 is 0 Å². The number of hydrogen-bond acceptors (Lipinski definition) is 3. The van der Waals surface area contributed by atoms with Crippen LogP contribution in [0.5, 0.6) is 0 Å². The van der Waals surface area contributed by atoms with Crippen molar-refractivity contribution in [2.24, 2.45) is 5.92 Å². The van der Waals surface area contributed by atoms with Gasteiger partial charge in [0.1, 0.15) is 5.82 Å². The van der Waals surface area contributed by atoms with Gasteiger partial charge in [0.2, 0.25) is 5.91 Å². The second-order valence-corrected chi connectivity index (χ2v) is 9.52. The molecule has 0 saturated carbocycles. The third-order valence-corrected chi connectivity index (χ3v) is 6.44. The van der Waals surface area contributed by atoms with Gasteiger partial charge >= 0.3 is 0 Å². The minimum atomic E-state index is -0.294. The second kappa shape index (κ2) is 8.27. The molecule has 0 radical (unpaired) electrons. The fourth-order valence-electron chi connectivity index (χ4n) is 3.72. The van der Waals surface area contributed by atoms with E-state index in [4.69, 9.17) is 0 Å². The van der Waals surface area contributed by atoms with Crippen LogP contribution in [-0.2, 0) is 4.79 Å². The number of thiophene rings is 1. The molecule has 29 heavy (non-hydrogen) atoms. The van der Waals surface area contributed by atoms with Crippen molar-refractivity contribution in [1.29, 1.82) is 0 Å². The molecule has 2 aromatic rings. The van der Waals surface area contributed by atoms with E-state index in [1.807, 2.05) is 37.0 Å². The van der Waals surface area contributed by atoms with Gasteiger partial charge < -0.3 is 9.80 Å². The van der Waals surface area contributed by atoms with Crippen LogP contribution in [0.2, 0.25) is 0 Å². The molecule has 3 rings (SSSR count). The standard InChI is InChI=1S/C23H29FN2O2S/c1-13(2)16-10-17(15-8-7-9-26(12-15)22(27)14(3)4)20(24)21-18(16)11-19(29-21)23(28)25(5)6/h8,10-11,13-14H,7,9,12H2,1-6H3. The minimum absolute atomic E-state index is 0.0789. The van der Waals surface area contributed by atoms with Crippen LogP contribution in [0.25, 0.3) is 15.7 Å². The first-order chi connectivity index (χ1) is 13.6. The summed E-state index contributed by atoms with van der Waals surface area (Å²) in [6.45, 7) is 9.02. The van der Waals surface area contributed by atoms with E-state index < -0.39 is 0 Å². The van der Waals surface area contributed by atoms with Gasteiger partial charge in [-0.15, -0.1) is 11.3 Å². The maximum atomic E-state index is 15.6. The molecule has 2 heterocycles. The molecule has 156 valence electrons. The maximum Gasteiger partial charge on any atom is 0.263 e. The monoisotopic (exact) mass is 416 g/mol. The Hall–Kier alpha value is -2.21. The van der Waals surface area contributed by atoms with Crippen LogP contribution in [0.15, 0.2) is 18.2 Å². The Morgan fingerprint density at radius 3 is 2.45 bits per heavy atom. The highest BCUT2D eigenvalue weighted by atomic mass is 32.1. The van der Waals surface area contributed by atoms with Gasteiger partial charge in [-0.25, -0.2) is 4.39 Å². The lowest BCUT2D eigenvalue weighted by Crippen LogP contribution is -2.38. The van der Waals surface area contributed by atoms with Crippen LogP contribution in [0.3, 0.4) is 0 Å². The van der Waals surface area contributed by atoms with Crippen LogP contribution in [-0.4, -0.2) is 48.8 Å². The van der Waals surface area contributed by atoms with Gasteiger partial charge in [0.25, 0.3) is 5.91 Å². The van der Waals surface area contributed by atoms with Crippen LogP contribution >= 0.6 is 11.3 Å². The number of nitrogens with zero attached hydrogens (tertiary/aromatic N) is 2. The Morgan fingerprint density at radius 1 is 1.17 bits per heavy atom. The first-order valence-corrected chi connectivity index (χ1v) is 10.9. The van der Waals surface area contributed by atoms with E-state index in [2.05, 4.69) is 13.8 Å². The summed E-state index contributed by atoms with van der Waals surface area (Å²) in [5, 5.41) is 0.808. The summed E-state index contributed by atoms with van der Waals surface area (Å²) in [5.41, 5.74) is 2.42. The molecule has 0 atom stereocenters. The lowest BCUT2D eigenvalue weighted by Gasteiger charge is -2.29. The average Bonchev–Trinajstić information content (AvgIpc) is 3.12. The molecule has 0 spiro atoms. The van der Waals surface area contributed by atoms with E-state index in [9.17, 15) is 9.59 Å². The molecule has 0 saturated heterocycles. The van der Waals surface area contributed by atoms with Crippen molar-refractivity contribution in [3.05, 3.63) is 40.0 Å². The molecule has 1 aliphatic rings. The van der Waals surface area contributed by atoms with Gasteiger partial charge in [-0.1, -0.05) is 33.8 Å². The number of carbonyl (C=O) groups excluding carboxylic acids is 2. The molecule has 0 bridgehead atoms. The van der Waals surface area contributed by atoms with Crippen molar-refractivity contribution >= 4 is 38.8 Å². The van der Waals surface area contributed by atoms with Crippen molar-refractivity contribution < 1.29 is 14.0 Å². The summed E-state index contributed by atoms with van der Waals surface area (Å²) in [6, 6.07) is 3.72. The minimum Gasteiger partial charge on any atom is -0.344 e. The summed E-state index contributed by atoms with van der Waals surface area (Å²) >= 11 is 1.21. The van der Waals surface area contributed by atoms with E-state index >= 15 is 4.39 Å². The molecule has 0 aliphatic carbocycles. The van der Waals surface area contributed by atoms with Crippen molar-refractivity contribution in [1.82, 2.24) is 9.80 Å². The highest BCUT2D eigenvalue weighted by molar-refractivity contribution is 7.20. The van der Waals surface area contributed by atoms with Crippen LogP contribution in [0.1, 0.15) is 60.8 Å². The maximum absolute atomic E-state index is 15.6. The first kappa shape index (κ1) is 21.5. The summed E-state index contributed by atoms with van der Waals surface area (Å²) < 4.78 is 16.1. The van der Waals surface area contributed by atoms with E-state index in [0.717, 1.165) is 22.9 Å². The van der Waals surface area contributed by atoms with Crippen LogP contribution in [0, 0.1) is 11.7 Å². The molecule has 0 N–H and O–H groups in total. The Kier molecular flexibility index (Phi) is 6.13. The first-order valence-electron chi connectivity index (χ1n) is 10.1. The fourth-order valence-corrected chi connectivity index (χ4v) is 4.87. The third kappa shape index (κ3) is 4.08. The molecular formula is C23H29FN2O2S. The number of benzene rings is 1. The average molecular weight is 417 g/mol. The SMILES string of the molecule is CC(C)C(=O)N1CCC=C(c2cc(C(C)C)c3cc(C(=O)N(C)C)sc3c2F)C1. The number of fused-ring (bicyclic) bond motifs is 1. The van der Waals surface area contributed by atoms with Crippen molar-refractivity contribution in [2.45, 2.75) is 40.0 Å². The summed E-state index contributed by atoms with van der Waals surface area (Å²) in [5.74, 6) is -0.211. The molecule has 1 aliphatic heterocycles. The molecule has 1 aromatic heterocycles. The van der Waals surface area contributed by atoms with E-state index in [1.54, 1.807) is 14.1 Å². The van der Waals surface area contributed by atoms with Crippen molar-refractivity contribution in [3.63, 3.8) is 0 Å². The van der Waals surface area contributed by atoms with Gasteiger partial charge in [0, 0.05) is 38.7 Å². The van der Waals surface area contributed by atoms with Crippen molar-refractivity contribution in [3.8, 4) is 0 Å². The van der Waals surface area contributed by atoms with E-state index in [1.165, 1.54) is 16.2 Å². The Morgan fingerprint density at radius 2 is 1.86 bits per heavy atom. The second-order valence-electron chi connectivity index (χ2n) is 8.47.